The van der Waals surface area contributed by atoms with Crippen LogP contribution in [0.25, 0.3) is 17.4 Å². The molecule has 4 rings (SSSR count). The molecule has 3 aromatic rings. The molecule has 6 nitrogen and oxygen atoms in total. The first-order valence-corrected chi connectivity index (χ1v) is 11.9. The monoisotopic (exact) mass is 494 g/mol. The quantitative estimate of drug-likeness (QED) is 0.376. The fourth-order valence-electron chi connectivity index (χ4n) is 3.64. The molecular weight excluding hydrogens is 468 g/mol. The van der Waals surface area contributed by atoms with E-state index < -0.39 is 0 Å². The molecule has 0 spiro atoms. The first kappa shape index (κ1) is 24.0. The molecule has 2 aromatic carbocycles. The van der Waals surface area contributed by atoms with Crippen LogP contribution in [0.5, 0.6) is 0 Å². The molecule has 0 bridgehead atoms. The number of nitrogens with zero attached hydrogens (tertiary/aromatic N) is 2. The van der Waals surface area contributed by atoms with Crippen molar-refractivity contribution in [2.24, 2.45) is 0 Å². The lowest BCUT2D eigenvalue weighted by Crippen LogP contribution is -2.44. The van der Waals surface area contributed by atoms with E-state index >= 15 is 0 Å². The Labute approximate surface area is 210 Å². The number of anilines is 2. The molecule has 2 N–H and O–H groups in total. The van der Waals surface area contributed by atoms with Crippen molar-refractivity contribution in [2.45, 2.75) is 6.92 Å². The minimum atomic E-state index is -0.345. The number of halogens is 1. The van der Waals surface area contributed by atoms with Gasteiger partial charge in [-0.2, -0.15) is 0 Å². The van der Waals surface area contributed by atoms with Crippen LogP contribution in [0.2, 0.25) is 5.02 Å². The summed E-state index contributed by atoms with van der Waals surface area (Å²) in [6.45, 7) is 6.09. The van der Waals surface area contributed by atoms with E-state index in [1.807, 2.05) is 43.3 Å². The number of hydrogen-bond acceptors (Lipinski definition) is 5. The van der Waals surface area contributed by atoms with Crippen molar-refractivity contribution in [1.82, 2.24) is 10.2 Å². The van der Waals surface area contributed by atoms with Crippen molar-refractivity contribution in [3.8, 4) is 11.3 Å². The number of nitrogens with one attached hydrogen (secondary N) is 2. The van der Waals surface area contributed by atoms with Gasteiger partial charge in [0, 0.05) is 54.2 Å². The van der Waals surface area contributed by atoms with Gasteiger partial charge in [0.05, 0.1) is 0 Å². The summed E-state index contributed by atoms with van der Waals surface area (Å²) in [4.78, 5) is 17.0. The summed E-state index contributed by atoms with van der Waals surface area (Å²) >= 11 is 11.5. The fraction of sp³-hybridized carbons (Fsp3) is 0.231. The zero-order chi connectivity index (χ0) is 24.1. The number of aryl methyl sites for hydroxylation is 1. The summed E-state index contributed by atoms with van der Waals surface area (Å²) in [5, 5.41) is 6.61. The van der Waals surface area contributed by atoms with Crippen molar-refractivity contribution in [3.05, 3.63) is 77.0 Å². The predicted molar refractivity (Wildman–Crippen MR) is 143 cm³/mol. The highest BCUT2D eigenvalue weighted by atomic mass is 35.5. The average molecular weight is 495 g/mol. The largest absolute Gasteiger partial charge is 0.457 e. The van der Waals surface area contributed by atoms with E-state index in [9.17, 15) is 4.79 Å². The number of piperazine rings is 1. The summed E-state index contributed by atoms with van der Waals surface area (Å²) < 4.78 is 5.80. The van der Waals surface area contributed by atoms with Gasteiger partial charge in [-0.3, -0.25) is 10.1 Å². The minimum Gasteiger partial charge on any atom is -0.457 e. The van der Waals surface area contributed by atoms with Crippen LogP contribution < -0.4 is 15.5 Å². The van der Waals surface area contributed by atoms with Gasteiger partial charge < -0.3 is 19.5 Å². The molecule has 1 amide bonds. The van der Waals surface area contributed by atoms with Crippen molar-refractivity contribution in [2.75, 3.05) is 43.4 Å². The number of furan rings is 1. The van der Waals surface area contributed by atoms with Gasteiger partial charge in [-0.05, 0) is 80.3 Å². The van der Waals surface area contributed by atoms with Crippen LogP contribution in [0.4, 0.5) is 11.4 Å². The number of thiocarbonyl (C=S) groups is 1. The van der Waals surface area contributed by atoms with Crippen molar-refractivity contribution in [1.29, 1.82) is 0 Å². The topological polar surface area (TPSA) is 60.8 Å². The number of carbonyl (C=O) groups is 1. The molecule has 8 heteroatoms. The summed E-state index contributed by atoms with van der Waals surface area (Å²) in [6, 6.07) is 17.4. The first-order valence-electron chi connectivity index (χ1n) is 11.1. The number of amides is 1. The highest BCUT2D eigenvalue weighted by molar-refractivity contribution is 7.80. The van der Waals surface area contributed by atoms with Crippen LogP contribution >= 0.6 is 23.8 Å². The van der Waals surface area contributed by atoms with Crippen molar-refractivity contribution in [3.63, 3.8) is 0 Å². The van der Waals surface area contributed by atoms with Gasteiger partial charge in [-0.15, -0.1) is 0 Å². The molecule has 176 valence electrons. The molecule has 1 aliphatic rings. The van der Waals surface area contributed by atoms with Gasteiger partial charge in [-0.1, -0.05) is 23.7 Å². The minimum absolute atomic E-state index is 0.233. The lowest BCUT2D eigenvalue weighted by Gasteiger charge is -2.34. The van der Waals surface area contributed by atoms with Crippen LogP contribution in [-0.4, -0.2) is 49.1 Å². The third kappa shape index (κ3) is 6.26. The second-order valence-corrected chi connectivity index (χ2v) is 9.10. The Kier molecular flexibility index (Phi) is 7.67. The summed E-state index contributed by atoms with van der Waals surface area (Å²) in [5.41, 5.74) is 3.88. The van der Waals surface area contributed by atoms with Crippen LogP contribution in [0.3, 0.4) is 0 Å². The molecule has 1 fully saturated rings. The van der Waals surface area contributed by atoms with E-state index in [2.05, 4.69) is 39.6 Å². The molecule has 1 saturated heterocycles. The Morgan fingerprint density at radius 1 is 1.06 bits per heavy atom. The highest BCUT2D eigenvalue weighted by Crippen LogP contribution is 2.27. The zero-order valence-corrected chi connectivity index (χ0v) is 20.7. The van der Waals surface area contributed by atoms with Gasteiger partial charge in [0.1, 0.15) is 11.5 Å². The van der Waals surface area contributed by atoms with Gasteiger partial charge in [-0.25, -0.2) is 0 Å². The molecule has 0 unspecified atom stereocenters. The Bertz CT molecular complexity index is 1200. The number of rotatable bonds is 5. The second kappa shape index (κ2) is 10.9. The summed E-state index contributed by atoms with van der Waals surface area (Å²) in [5.74, 6) is 0.891. The third-order valence-corrected chi connectivity index (χ3v) is 6.32. The number of benzene rings is 2. The highest BCUT2D eigenvalue weighted by Gasteiger charge is 2.14. The van der Waals surface area contributed by atoms with Gasteiger partial charge in [0.25, 0.3) is 0 Å². The fourth-order valence-corrected chi connectivity index (χ4v) is 4.04. The maximum atomic E-state index is 12.3. The van der Waals surface area contributed by atoms with E-state index in [4.69, 9.17) is 28.2 Å². The Balaban J connectivity index is 1.28. The van der Waals surface area contributed by atoms with Crippen LogP contribution in [0, 0.1) is 6.92 Å². The Morgan fingerprint density at radius 3 is 2.50 bits per heavy atom. The molecule has 1 aliphatic heterocycles. The van der Waals surface area contributed by atoms with E-state index in [1.54, 1.807) is 12.1 Å². The molecular formula is C26H27ClN4O2S. The first-order chi connectivity index (χ1) is 16.4. The molecule has 0 atom stereocenters. The van der Waals surface area contributed by atoms with Crippen molar-refractivity contribution >= 4 is 52.3 Å². The van der Waals surface area contributed by atoms with Crippen LogP contribution in [0.15, 0.2) is 65.1 Å². The number of carbonyl (C=O) groups excluding carboxylic acids is 1. The van der Waals surface area contributed by atoms with Crippen LogP contribution in [0.1, 0.15) is 11.3 Å². The zero-order valence-electron chi connectivity index (χ0n) is 19.2. The SMILES string of the molecule is Cc1ccc(-c2ccc(/C=C/C(=O)NC(=S)Nc3ccc(N4CCN(C)CC4)cc3)o2)cc1Cl. The molecule has 0 saturated carbocycles. The number of hydrogen-bond donors (Lipinski definition) is 2. The Hall–Kier alpha value is -3.13. The third-order valence-electron chi connectivity index (χ3n) is 5.71. The maximum Gasteiger partial charge on any atom is 0.250 e. The van der Waals surface area contributed by atoms with E-state index in [0.717, 1.165) is 43.0 Å². The normalized spacial score (nSPS) is 14.4. The van der Waals surface area contributed by atoms with Gasteiger partial charge >= 0.3 is 0 Å². The van der Waals surface area contributed by atoms with E-state index in [0.29, 0.717) is 16.5 Å². The summed E-state index contributed by atoms with van der Waals surface area (Å²) in [6.07, 6.45) is 2.98. The average Bonchev–Trinajstić information content (AvgIpc) is 3.30. The lowest BCUT2D eigenvalue weighted by molar-refractivity contribution is -0.115. The molecule has 0 aliphatic carbocycles. The van der Waals surface area contributed by atoms with Gasteiger partial charge in [0.15, 0.2) is 5.11 Å². The van der Waals surface area contributed by atoms with Crippen LogP contribution in [-0.2, 0) is 4.79 Å². The van der Waals surface area contributed by atoms with E-state index in [-0.39, 0.29) is 11.0 Å². The standard InChI is InChI=1S/C26H27ClN4O2S/c1-18-3-4-19(17-23(18)27)24-11-9-22(33-24)10-12-25(32)29-26(34)28-20-5-7-21(8-6-20)31-15-13-30(2)14-16-31/h3-12,17H,13-16H2,1-2H3,(H2,28,29,32,34)/b12-10+. The Morgan fingerprint density at radius 2 is 1.79 bits per heavy atom. The number of likely N-dealkylation sites (N-methyl/N-ethyl adjacent to an activating group) is 1. The van der Waals surface area contributed by atoms with Crippen molar-refractivity contribution < 1.29 is 9.21 Å². The smallest absolute Gasteiger partial charge is 0.250 e. The maximum absolute atomic E-state index is 12.3. The summed E-state index contributed by atoms with van der Waals surface area (Å²) in [7, 11) is 2.14. The molecule has 2 heterocycles. The molecule has 34 heavy (non-hydrogen) atoms. The lowest BCUT2D eigenvalue weighted by atomic mass is 10.1. The molecule has 1 aromatic heterocycles. The molecule has 0 radical (unpaired) electrons. The predicted octanol–water partition coefficient (Wildman–Crippen LogP) is 5.19. The second-order valence-electron chi connectivity index (χ2n) is 8.28. The van der Waals surface area contributed by atoms with E-state index in [1.165, 1.54) is 11.8 Å². The van der Waals surface area contributed by atoms with Gasteiger partial charge in [0.2, 0.25) is 5.91 Å².